The zero-order chi connectivity index (χ0) is 37.8. The summed E-state index contributed by atoms with van der Waals surface area (Å²) in [7, 11) is 0. The fraction of sp³-hybridized carbons (Fsp3) is 0.647. The number of nitrogens with zero attached hydrogens (tertiary/aromatic N) is 2. The molecule has 0 amide bonds. The second kappa shape index (κ2) is 28.5. The third-order valence-electron chi connectivity index (χ3n) is 11.2. The average Bonchev–Trinajstić information content (AvgIpc) is 3.46. The van der Waals surface area contributed by atoms with Crippen LogP contribution in [0.5, 0.6) is 0 Å². The van der Waals surface area contributed by atoms with Crippen LogP contribution in [0.15, 0.2) is 59.7 Å². The lowest BCUT2D eigenvalue weighted by Gasteiger charge is -2.11. The first-order chi connectivity index (χ1) is 26.1. The van der Waals surface area contributed by atoms with E-state index in [0.717, 1.165) is 66.6 Å². The van der Waals surface area contributed by atoms with E-state index in [1.165, 1.54) is 169 Å². The average molecular weight is 719 g/mol. The lowest BCUT2D eigenvalue weighted by molar-refractivity contribution is -0.345. The second-order valence-corrected chi connectivity index (χ2v) is 16.0. The van der Waals surface area contributed by atoms with Crippen molar-refractivity contribution in [2.24, 2.45) is 0 Å². The van der Waals surface area contributed by atoms with E-state index in [1.807, 2.05) is 0 Å². The third-order valence-corrected chi connectivity index (χ3v) is 11.2. The molecule has 1 aliphatic rings. The Morgan fingerprint density at radius 1 is 0.453 bits per heavy atom. The van der Waals surface area contributed by atoms with Gasteiger partial charge in [-0.15, -0.1) is 0 Å². The molecule has 0 fully saturated rings. The molecular formula is C51H78N2. The summed E-state index contributed by atoms with van der Waals surface area (Å²) in [5.41, 5.74) is 21.1. The van der Waals surface area contributed by atoms with Crippen molar-refractivity contribution < 1.29 is 4.70 Å². The van der Waals surface area contributed by atoms with Crippen molar-refractivity contribution in [3.63, 3.8) is 0 Å². The Morgan fingerprint density at radius 2 is 0.868 bits per heavy atom. The molecule has 0 bridgehead atoms. The van der Waals surface area contributed by atoms with Crippen LogP contribution in [0.1, 0.15) is 223 Å². The summed E-state index contributed by atoms with van der Waals surface area (Å²) in [5, 5.41) is 0. The first-order valence-electron chi connectivity index (χ1n) is 22.8. The molecule has 53 heavy (non-hydrogen) atoms. The molecule has 0 saturated carbocycles. The molecule has 1 aliphatic heterocycles. The number of rotatable bonds is 30. The highest BCUT2D eigenvalue weighted by molar-refractivity contribution is 5.85. The highest BCUT2D eigenvalue weighted by atomic mass is 15.2. The molecule has 2 aromatic carbocycles. The van der Waals surface area contributed by atoms with Crippen molar-refractivity contribution in [2.45, 2.75) is 214 Å². The van der Waals surface area contributed by atoms with Crippen molar-refractivity contribution >= 4 is 11.4 Å². The summed E-state index contributed by atoms with van der Waals surface area (Å²) >= 11 is 0. The van der Waals surface area contributed by atoms with Gasteiger partial charge in [-0.3, -0.25) is 0 Å². The fourth-order valence-electron chi connectivity index (χ4n) is 7.88. The Labute approximate surface area is 328 Å². The topological polar surface area (TPSA) is 25.3 Å². The molecule has 0 spiro atoms. The van der Waals surface area contributed by atoms with Crippen LogP contribution in [0, 0.1) is 11.8 Å². The maximum absolute atomic E-state index is 12.1. The van der Waals surface area contributed by atoms with Crippen molar-refractivity contribution in [3.05, 3.63) is 87.5 Å². The normalized spacial score (nSPS) is 12.9. The van der Waals surface area contributed by atoms with Gasteiger partial charge in [-0.25, -0.2) is 4.70 Å². The molecule has 2 heteroatoms. The summed E-state index contributed by atoms with van der Waals surface area (Å²) in [6.45, 7) is 9.08. The smallest absolute Gasteiger partial charge is 0.223 e. The van der Waals surface area contributed by atoms with Crippen LogP contribution in [0.3, 0.4) is 0 Å². The van der Waals surface area contributed by atoms with Crippen LogP contribution in [0.4, 0.5) is 0 Å². The van der Waals surface area contributed by atoms with Gasteiger partial charge in [-0.05, 0) is 80.3 Å². The van der Waals surface area contributed by atoms with Gasteiger partial charge in [0.25, 0.3) is 0 Å². The van der Waals surface area contributed by atoms with Gasteiger partial charge in [0, 0.05) is 23.1 Å². The van der Waals surface area contributed by atoms with E-state index in [0.29, 0.717) is 0 Å². The predicted octanol–water partition coefficient (Wildman–Crippen LogP) is 16.6. The number of hydrogen-bond acceptors (Lipinski definition) is 0. The van der Waals surface area contributed by atoms with Gasteiger partial charge in [0.2, 0.25) is 11.4 Å². The Morgan fingerprint density at radius 3 is 1.34 bits per heavy atom. The Hall–Kier alpha value is -2.92. The zero-order valence-electron chi connectivity index (χ0n) is 35.0. The number of hydrogen-bond donors (Lipinski definition) is 0. The van der Waals surface area contributed by atoms with Crippen molar-refractivity contribution in [2.75, 3.05) is 0 Å². The summed E-state index contributed by atoms with van der Waals surface area (Å²) in [5.74, 6) is 7.30. The van der Waals surface area contributed by atoms with Crippen LogP contribution in [-0.4, -0.2) is 4.70 Å². The number of allylic oxidation sites excluding steroid dienone is 2. The monoisotopic (exact) mass is 719 g/mol. The van der Waals surface area contributed by atoms with Gasteiger partial charge in [0.1, 0.15) is 5.57 Å². The SMILES string of the molecule is CCCCCCCCCCCCCCCCCCCC#CC1=C(c2cccc(CCCC)c2)[N+](=[N-])C(c2cccc(CCCC)c2)=C1CCCCCC. The molecule has 0 unspecified atom stereocenters. The van der Waals surface area contributed by atoms with E-state index in [1.54, 1.807) is 0 Å². The summed E-state index contributed by atoms with van der Waals surface area (Å²) in [6.07, 6.45) is 37.1. The molecule has 0 aromatic heterocycles. The molecule has 0 radical (unpaired) electrons. The predicted molar refractivity (Wildman–Crippen MR) is 233 cm³/mol. The molecule has 0 N–H and O–H groups in total. The molecule has 2 nitrogen and oxygen atoms in total. The van der Waals surface area contributed by atoms with E-state index in [-0.39, 0.29) is 0 Å². The molecular weight excluding hydrogens is 641 g/mol. The van der Waals surface area contributed by atoms with E-state index in [4.69, 9.17) is 0 Å². The van der Waals surface area contributed by atoms with E-state index in [9.17, 15) is 5.53 Å². The van der Waals surface area contributed by atoms with E-state index < -0.39 is 0 Å². The van der Waals surface area contributed by atoms with Crippen molar-refractivity contribution in [1.82, 2.24) is 0 Å². The van der Waals surface area contributed by atoms with Crippen LogP contribution in [-0.2, 0) is 12.8 Å². The largest absolute Gasteiger partial charge is 0.493 e. The Balaban J connectivity index is 1.63. The minimum absolute atomic E-state index is 0.873. The quantitative estimate of drug-likeness (QED) is 0.0437. The minimum Gasteiger partial charge on any atom is -0.493 e. The molecule has 0 aliphatic carbocycles. The summed E-state index contributed by atoms with van der Waals surface area (Å²) < 4.78 is 1.51. The summed E-state index contributed by atoms with van der Waals surface area (Å²) in [6, 6.07) is 17.8. The third kappa shape index (κ3) is 17.0. The van der Waals surface area contributed by atoms with Gasteiger partial charge in [-0.1, -0.05) is 199 Å². The van der Waals surface area contributed by atoms with Crippen molar-refractivity contribution in [3.8, 4) is 11.8 Å². The second-order valence-electron chi connectivity index (χ2n) is 16.0. The fourth-order valence-corrected chi connectivity index (χ4v) is 7.88. The van der Waals surface area contributed by atoms with E-state index >= 15 is 0 Å². The molecule has 1 heterocycles. The van der Waals surface area contributed by atoms with Crippen LogP contribution in [0.2, 0.25) is 0 Å². The highest BCUT2D eigenvalue weighted by Gasteiger charge is 2.35. The maximum Gasteiger partial charge on any atom is 0.223 e. The lowest BCUT2D eigenvalue weighted by Crippen LogP contribution is -2.03. The minimum atomic E-state index is 0.873. The molecule has 0 atom stereocenters. The first kappa shape index (κ1) is 44.5. The molecule has 292 valence electrons. The molecule has 0 saturated heterocycles. The Bertz CT molecular complexity index is 1430. The molecule has 2 aromatic rings. The standard InChI is InChI=1S/C51H78N2/c1-5-9-13-15-16-17-18-19-20-21-22-23-24-25-26-27-28-29-31-41-49-48(40-30-14-10-6-2)50(46-38-32-36-44(42-46)34-11-7-3)53(52)51(49)47-39-33-37-45(43-47)35-12-8-4/h32-33,36-39,42-43H,5-30,34-35,40H2,1-4H3. The van der Waals surface area contributed by atoms with Gasteiger partial charge in [-0.2, -0.15) is 0 Å². The Kier molecular flexibility index (Phi) is 23.9. The molecule has 3 rings (SSSR count). The lowest BCUT2D eigenvalue weighted by atomic mass is 9.94. The number of benzene rings is 2. The van der Waals surface area contributed by atoms with Gasteiger partial charge in [0.05, 0.1) is 0 Å². The summed E-state index contributed by atoms with van der Waals surface area (Å²) in [4.78, 5) is 0. The van der Waals surface area contributed by atoms with Crippen LogP contribution < -0.4 is 0 Å². The number of aryl methyl sites for hydroxylation is 2. The van der Waals surface area contributed by atoms with E-state index in [2.05, 4.69) is 88.1 Å². The highest BCUT2D eigenvalue weighted by Crippen LogP contribution is 2.43. The van der Waals surface area contributed by atoms with Crippen LogP contribution in [0.25, 0.3) is 16.9 Å². The van der Waals surface area contributed by atoms with Crippen LogP contribution >= 0.6 is 0 Å². The van der Waals surface area contributed by atoms with Gasteiger partial charge in [0.15, 0.2) is 0 Å². The van der Waals surface area contributed by atoms with Gasteiger partial charge >= 0.3 is 0 Å². The maximum atomic E-state index is 12.1. The zero-order valence-corrected chi connectivity index (χ0v) is 35.0. The number of unbranched alkanes of at least 4 members (excludes halogenated alkanes) is 22. The first-order valence-corrected chi connectivity index (χ1v) is 22.8. The van der Waals surface area contributed by atoms with Crippen molar-refractivity contribution in [1.29, 1.82) is 0 Å². The van der Waals surface area contributed by atoms with Gasteiger partial charge < -0.3 is 5.53 Å².